The number of anilines is 1. The number of nitrogens with zero attached hydrogens (tertiary/aromatic N) is 1. The Hall–Kier alpha value is -1.75. The zero-order valence-corrected chi connectivity index (χ0v) is 12.6. The van der Waals surface area contributed by atoms with Crippen LogP contribution in [-0.4, -0.2) is 35.5 Å². The third-order valence-corrected chi connectivity index (χ3v) is 4.26. The van der Waals surface area contributed by atoms with Crippen molar-refractivity contribution in [3.63, 3.8) is 0 Å². The van der Waals surface area contributed by atoms with E-state index in [1.54, 1.807) is 6.07 Å². The number of halogens is 1. The van der Waals surface area contributed by atoms with Gasteiger partial charge in [0.15, 0.2) is 0 Å². The van der Waals surface area contributed by atoms with Gasteiger partial charge in [0.1, 0.15) is 0 Å². The fourth-order valence-corrected chi connectivity index (χ4v) is 2.96. The highest BCUT2D eigenvalue weighted by molar-refractivity contribution is 6.33. The lowest BCUT2D eigenvalue weighted by molar-refractivity contribution is -0.128. The molecule has 1 saturated heterocycles. The lowest BCUT2D eigenvalue weighted by Crippen LogP contribution is -2.40. The van der Waals surface area contributed by atoms with Gasteiger partial charge in [-0.3, -0.25) is 4.79 Å². The summed E-state index contributed by atoms with van der Waals surface area (Å²) in [4.78, 5) is 25.8. The monoisotopic (exact) mass is 307 g/mol. The lowest BCUT2D eigenvalue weighted by atomic mass is 10.2. The number of para-hydroxylation sites is 1. The SMILES string of the molecule is Cc1cccc(Cl)c1NC(=O)N[C@@H]1CC(=O)N(C2CC2)C1. The molecule has 0 aromatic heterocycles. The molecule has 0 unspecified atom stereocenters. The minimum absolute atomic E-state index is 0.124. The molecule has 1 saturated carbocycles. The van der Waals surface area contributed by atoms with Gasteiger partial charge in [-0.2, -0.15) is 0 Å². The highest BCUT2D eigenvalue weighted by atomic mass is 35.5. The number of nitrogens with one attached hydrogen (secondary N) is 2. The molecule has 1 aromatic rings. The summed E-state index contributed by atoms with van der Waals surface area (Å²) in [6.45, 7) is 2.49. The quantitative estimate of drug-likeness (QED) is 0.901. The van der Waals surface area contributed by atoms with Crippen molar-refractivity contribution in [3.8, 4) is 0 Å². The molecule has 1 aliphatic heterocycles. The van der Waals surface area contributed by atoms with Crippen molar-refractivity contribution in [2.45, 2.75) is 38.3 Å². The number of rotatable bonds is 3. The van der Waals surface area contributed by atoms with Crippen molar-refractivity contribution in [2.24, 2.45) is 0 Å². The Labute approximate surface area is 128 Å². The van der Waals surface area contributed by atoms with E-state index in [1.165, 1.54) is 0 Å². The molecule has 0 radical (unpaired) electrons. The molecular formula is C15H18ClN3O2. The molecular weight excluding hydrogens is 290 g/mol. The van der Waals surface area contributed by atoms with Crippen LogP contribution in [0.5, 0.6) is 0 Å². The van der Waals surface area contributed by atoms with Gasteiger partial charge in [-0.05, 0) is 31.4 Å². The maximum Gasteiger partial charge on any atom is 0.319 e. The first kappa shape index (κ1) is 14.2. The molecule has 1 atom stereocenters. The molecule has 3 amide bonds. The molecule has 21 heavy (non-hydrogen) atoms. The van der Waals surface area contributed by atoms with Gasteiger partial charge in [-0.1, -0.05) is 23.7 Å². The Morgan fingerprint density at radius 1 is 1.38 bits per heavy atom. The van der Waals surface area contributed by atoms with E-state index < -0.39 is 0 Å². The molecule has 112 valence electrons. The Bertz CT molecular complexity index is 566. The van der Waals surface area contributed by atoms with Crippen LogP contribution in [-0.2, 0) is 4.79 Å². The maximum absolute atomic E-state index is 12.1. The summed E-state index contributed by atoms with van der Waals surface area (Å²) >= 11 is 6.08. The summed E-state index contributed by atoms with van der Waals surface area (Å²) < 4.78 is 0. The first-order chi connectivity index (χ1) is 10.0. The first-order valence-corrected chi connectivity index (χ1v) is 7.54. The second-order valence-electron chi connectivity index (χ2n) is 5.71. The maximum atomic E-state index is 12.1. The van der Waals surface area contributed by atoms with Gasteiger partial charge in [0.2, 0.25) is 5.91 Å². The van der Waals surface area contributed by atoms with Crippen LogP contribution in [0.1, 0.15) is 24.8 Å². The third-order valence-electron chi connectivity index (χ3n) is 3.94. The zero-order chi connectivity index (χ0) is 15.0. The van der Waals surface area contributed by atoms with Crippen molar-refractivity contribution in [1.82, 2.24) is 10.2 Å². The van der Waals surface area contributed by atoms with Crippen LogP contribution in [0.4, 0.5) is 10.5 Å². The van der Waals surface area contributed by atoms with E-state index in [2.05, 4.69) is 10.6 Å². The second kappa shape index (κ2) is 5.56. The Kier molecular flexibility index (Phi) is 3.76. The van der Waals surface area contributed by atoms with Crippen molar-refractivity contribution in [2.75, 3.05) is 11.9 Å². The van der Waals surface area contributed by atoms with Crippen LogP contribution in [0.15, 0.2) is 18.2 Å². The minimum Gasteiger partial charge on any atom is -0.338 e. The molecule has 2 N–H and O–H groups in total. The van der Waals surface area contributed by atoms with Gasteiger partial charge in [0.25, 0.3) is 0 Å². The van der Waals surface area contributed by atoms with Crippen LogP contribution >= 0.6 is 11.6 Å². The van der Waals surface area contributed by atoms with Gasteiger partial charge < -0.3 is 15.5 Å². The summed E-state index contributed by atoms with van der Waals surface area (Å²) in [6.07, 6.45) is 2.55. The minimum atomic E-state index is -0.318. The highest BCUT2D eigenvalue weighted by Gasteiger charge is 2.39. The topological polar surface area (TPSA) is 61.4 Å². The second-order valence-corrected chi connectivity index (χ2v) is 6.12. The van der Waals surface area contributed by atoms with Crippen LogP contribution in [0.2, 0.25) is 5.02 Å². The Morgan fingerprint density at radius 3 is 2.81 bits per heavy atom. The predicted octanol–water partition coefficient (Wildman–Crippen LogP) is 2.53. The van der Waals surface area contributed by atoms with E-state index in [0.29, 0.717) is 29.7 Å². The standard InChI is InChI=1S/C15H18ClN3O2/c1-9-3-2-4-12(16)14(9)18-15(21)17-10-7-13(20)19(8-10)11-5-6-11/h2-4,10-11H,5-8H2,1H3,(H2,17,18,21)/t10-/m1/s1. The fraction of sp³-hybridized carbons (Fsp3) is 0.467. The molecule has 0 bridgehead atoms. The van der Waals surface area contributed by atoms with E-state index in [-0.39, 0.29) is 18.0 Å². The van der Waals surface area contributed by atoms with Crippen LogP contribution < -0.4 is 10.6 Å². The highest BCUT2D eigenvalue weighted by Crippen LogP contribution is 2.30. The van der Waals surface area contributed by atoms with E-state index in [9.17, 15) is 9.59 Å². The summed E-state index contributed by atoms with van der Waals surface area (Å²) in [5, 5.41) is 6.13. The van der Waals surface area contributed by atoms with Gasteiger partial charge >= 0.3 is 6.03 Å². The number of urea groups is 1. The Balaban J connectivity index is 1.58. The van der Waals surface area contributed by atoms with Crippen LogP contribution in [0.3, 0.4) is 0 Å². The fourth-order valence-electron chi connectivity index (χ4n) is 2.69. The van der Waals surface area contributed by atoms with Crippen LogP contribution in [0, 0.1) is 6.92 Å². The Morgan fingerprint density at radius 2 is 2.14 bits per heavy atom. The van der Waals surface area contributed by atoms with Gasteiger partial charge in [-0.15, -0.1) is 0 Å². The number of amides is 3. The number of hydrogen-bond acceptors (Lipinski definition) is 2. The van der Waals surface area contributed by atoms with Crippen molar-refractivity contribution in [3.05, 3.63) is 28.8 Å². The molecule has 6 heteroatoms. The normalized spacial score (nSPS) is 21.5. The first-order valence-electron chi connectivity index (χ1n) is 7.16. The summed E-state index contributed by atoms with van der Waals surface area (Å²) in [5.74, 6) is 0.136. The third kappa shape index (κ3) is 3.13. The molecule has 1 aliphatic carbocycles. The summed E-state index contributed by atoms with van der Waals surface area (Å²) in [6, 6.07) is 5.41. The van der Waals surface area contributed by atoms with Gasteiger partial charge in [0.05, 0.1) is 16.8 Å². The summed E-state index contributed by atoms with van der Waals surface area (Å²) in [5.41, 5.74) is 1.51. The molecule has 1 aromatic carbocycles. The number of hydrogen-bond donors (Lipinski definition) is 2. The van der Waals surface area contributed by atoms with Gasteiger partial charge in [0, 0.05) is 19.0 Å². The smallest absolute Gasteiger partial charge is 0.319 e. The molecule has 2 aliphatic rings. The largest absolute Gasteiger partial charge is 0.338 e. The van der Waals surface area contributed by atoms with E-state index in [0.717, 1.165) is 18.4 Å². The molecule has 2 fully saturated rings. The van der Waals surface area contributed by atoms with E-state index in [4.69, 9.17) is 11.6 Å². The number of carbonyl (C=O) groups is 2. The van der Waals surface area contributed by atoms with Gasteiger partial charge in [-0.25, -0.2) is 4.79 Å². The summed E-state index contributed by atoms with van der Waals surface area (Å²) in [7, 11) is 0. The van der Waals surface area contributed by atoms with Crippen LogP contribution in [0.25, 0.3) is 0 Å². The molecule has 1 heterocycles. The van der Waals surface area contributed by atoms with Crippen molar-refractivity contribution >= 4 is 29.2 Å². The number of carbonyl (C=O) groups excluding carboxylic acids is 2. The van der Waals surface area contributed by atoms with Crippen molar-refractivity contribution in [1.29, 1.82) is 0 Å². The molecule has 0 spiro atoms. The number of aryl methyl sites for hydroxylation is 1. The van der Waals surface area contributed by atoms with Crippen molar-refractivity contribution < 1.29 is 9.59 Å². The van der Waals surface area contributed by atoms with E-state index >= 15 is 0 Å². The predicted molar refractivity (Wildman–Crippen MR) is 81.5 cm³/mol. The average molecular weight is 308 g/mol. The van der Waals surface area contributed by atoms with E-state index in [1.807, 2.05) is 24.0 Å². The average Bonchev–Trinajstić information content (AvgIpc) is 3.19. The molecule has 3 rings (SSSR count). The zero-order valence-electron chi connectivity index (χ0n) is 11.9. The number of benzene rings is 1. The number of likely N-dealkylation sites (tertiary alicyclic amines) is 1. The molecule has 5 nitrogen and oxygen atoms in total. The lowest BCUT2D eigenvalue weighted by Gasteiger charge is -2.17.